The molecule has 3 unspecified atom stereocenters. The van der Waals surface area contributed by atoms with Crippen molar-refractivity contribution in [3.8, 4) is 11.9 Å². The maximum absolute atomic E-state index is 12.8. The number of amides is 1. The highest BCUT2D eigenvalue weighted by atomic mass is 19.4. The van der Waals surface area contributed by atoms with Gasteiger partial charge in [-0.25, -0.2) is 4.98 Å². The fourth-order valence-corrected chi connectivity index (χ4v) is 4.33. The number of nitrogens with one attached hydrogen (secondary N) is 2. The quantitative estimate of drug-likeness (QED) is 0.550. The molecule has 2 heterocycles. The molecule has 2 N–H and O–H groups in total. The second-order valence-corrected chi connectivity index (χ2v) is 8.34. The Labute approximate surface area is 200 Å². The number of hydrogen-bond donors (Lipinski definition) is 2. The predicted octanol–water partition coefficient (Wildman–Crippen LogP) is 4.27. The normalized spacial score (nSPS) is 18.5. The van der Waals surface area contributed by atoms with Gasteiger partial charge >= 0.3 is 6.18 Å². The van der Waals surface area contributed by atoms with E-state index in [-0.39, 0.29) is 23.6 Å². The Bertz CT molecular complexity index is 1200. The zero-order chi connectivity index (χ0) is 25.0. The van der Waals surface area contributed by atoms with E-state index in [2.05, 4.69) is 21.7 Å². The highest BCUT2D eigenvalue weighted by Crippen LogP contribution is 2.33. The number of hydrogen-bond acceptors (Lipinski definition) is 5. The van der Waals surface area contributed by atoms with Crippen molar-refractivity contribution in [2.24, 2.45) is 0 Å². The van der Waals surface area contributed by atoms with Crippen LogP contribution in [0.2, 0.25) is 0 Å². The fraction of sp³-hybridized carbons (Fsp3) is 0.269. The first-order chi connectivity index (χ1) is 16.8. The number of halogens is 3. The first-order valence-electron chi connectivity index (χ1n) is 11.0. The van der Waals surface area contributed by atoms with Gasteiger partial charge in [-0.3, -0.25) is 4.79 Å². The average molecular weight is 480 g/mol. The predicted molar refractivity (Wildman–Crippen MR) is 123 cm³/mol. The van der Waals surface area contributed by atoms with Gasteiger partial charge < -0.3 is 15.4 Å². The molecule has 1 fully saturated rings. The number of pyridine rings is 1. The molecule has 6 nitrogen and oxygen atoms in total. The molecule has 9 heteroatoms. The van der Waals surface area contributed by atoms with Gasteiger partial charge in [0.15, 0.2) is 0 Å². The van der Waals surface area contributed by atoms with E-state index in [0.29, 0.717) is 24.4 Å². The Kier molecular flexibility index (Phi) is 7.03. The Balaban J connectivity index is 1.50. The van der Waals surface area contributed by atoms with Crippen molar-refractivity contribution in [2.45, 2.75) is 30.6 Å². The summed E-state index contributed by atoms with van der Waals surface area (Å²) >= 11 is 0. The van der Waals surface area contributed by atoms with Gasteiger partial charge in [0, 0.05) is 42.4 Å². The van der Waals surface area contributed by atoms with Crippen molar-refractivity contribution in [1.29, 1.82) is 5.26 Å². The number of benzene rings is 2. The van der Waals surface area contributed by atoms with Gasteiger partial charge in [-0.05, 0) is 53.9 Å². The third-order valence-electron chi connectivity index (χ3n) is 6.10. The Morgan fingerprint density at radius 1 is 1.11 bits per heavy atom. The minimum atomic E-state index is -4.45. The monoisotopic (exact) mass is 480 g/mol. The van der Waals surface area contributed by atoms with Gasteiger partial charge in [0.2, 0.25) is 5.88 Å². The molecule has 2 aromatic carbocycles. The van der Waals surface area contributed by atoms with Crippen LogP contribution in [0.1, 0.15) is 45.0 Å². The number of ether oxygens (including phenoxy) is 1. The fourth-order valence-electron chi connectivity index (χ4n) is 4.33. The van der Waals surface area contributed by atoms with E-state index < -0.39 is 17.6 Å². The number of carbonyl (C=O) groups is 1. The lowest BCUT2D eigenvalue weighted by Crippen LogP contribution is -2.36. The third kappa shape index (κ3) is 5.61. The molecule has 180 valence electrons. The first-order valence-corrected chi connectivity index (χ1v) is 11.0. The summed E-state index contributed by atoms with van der Waals surface area (Å²) in [6.07, 6.45) is -2.10. The van der Waals surface area contributed by atoms with Gasteiger partial charge in [-0.1, -0.05) is 18.2 Å². The van der Waals surface area contributed by atoms with E-state index in [4.69, 9.17) is 10.00 Å². The SMILES string of the molecule is COc1ccc(C(c2ccc(C#N)cc2)C2CC(NC(=O)c3ccc(C(F)(F)F)cc3)CN2)cn1. The van der Waals surface area contributed by atoms with Crippen LogP contribution in [0, 0.1) is 11.3 Å². The molecule has 1 saturated heterocycles. The molecule has 1 aromatic heterocycles. The minimum Gasteiger partial charge on any atom is -0.481 e. The lowest BCUT2D eigenvalue weighted by molar-refractivity contribution is -0.137. The molecule has 0 spiro atoms. The standard InChI is InChI=1S/C26H23F3N4O2/c1-35-23-11-8-19(14-32-23)24(17-4-2-16(13-30)3-5-17)22-12-21(15-31-22)33-25(34)18-6-9-20(10-7-18)26(27,28)29/h2-11,14,21-22,24,31H,12,15H2,1H3,(H,33,34). The van der Waals surface area contributed by atoms with Crippen LogP contribution in [-0.4, -0.2) is 36.6 Å². The summed E-state index contributed by atoms with van der Waals surface area (Å²) in [5, 5.41) is 15.5. The Morgan fingerprint density at radius 2 is 1.80 bits per heavy atom. The van der Waals surface area contributed by atoms with E-state index >= 15 is 0 Å². The zero-order valence-corrected chi connectivity index (χ0v) is 18.8. The Morgan fingerprint density at radius 3 is 2.37 bits per heavy atom. The van der Waals surface area contributed by atoms with E-state index in [9.17, 15) is 18.0 Å². The van der Waals surface area contributed by atoms with Crippen LogP contribution in [0.15, 0.2) is 66.9 Å². The number of alkyl halides is 3. The van der Waals surface area contributed by atoms with Crippen LogP contribution in [0.4, 0.5) is 13.2 Å². The number of nitrogens with zero attached hydrogens (tertiary/aromatic N) is 2. The number of carbonyl (C=O) groups excluding carboxylic acids is 1. The van der Waals surface area contributed by atoms with Gasteiger partial charge in [0.25, 0.3) is 5.91 Å². The maximum atomic E-state index is 12.8. The van der Waals surface area contributed by atoms with Crippen molar-refractivity contribution >= 4 is 5.91 Å². The number of aromatic nitrogens is 1. The lowest BCUT2D eigenvalue weighted by atomic mass is 9.84. The lowest BCUT2D eigenvalue weighted by Gasteiger charge is -2.25. The largest absolute Gasteiger partial charge is 0.481 e. The highest BCUT2D eigenvalue weighted by Gasteiger charge is 2.34. The van der Waals surface area contributed by atoms with Crippen LogP contribution >= 0.6 is 0 Å². The minimum absolute atomic E-state index is 0.0453. The van der Waals surface area contributed by atoms with Crippen molar-refractivity contribution in [1.82, 2.24) is 15.6 Å². The van der Waals surface area contributed by atoms with Gasteiger partial charge in [-0.15, -0.1) is 0 Å². The number of nitriles is 1. The van der Waals surface area contributed by atoms with Crippen LogP contribution in [0.5, 0.6) is 5.88 Å². The molecular weight excluding hydrogens is 457 g/mol. The topological polar surface area (TPSA) is 87.0 Å². The van der Waals surface area contributed by atoms with Crippen molar-refractivity contribution in [3.63, 3.8) is 0 Å². The highest BCUT2D eigenvalue weighted by molar-refractivity contribution is 5.94. The van der Waals surface area contributed by atoms with Crippen molar-refractivity contribution in [3.05, 3.63) is 94.7 Å². The van der Waals surface area contributed by atoms with E-state index in [1.54, 1.807) is 31.5 Å². The summed E-state index contributed by atoms with van der Waals surface area (Å²) in [4.78, 5) is 17.0. The summed E-state index contributed by atoms with van der Waals surface area (Å²) in [5.41, 5.74) is 1.87. The molecule has 1 amide bonds. The zero-order valence-electron chi connectivity index (χ0n) is 18.8. The summed E-state index contributed by atoms with van der Waals surface area (Å²) in [6, 6.07) is 17.1. The van der Waals surface area contributed by atoms with Crippen LogP contribution in [0.3, 0.4) is 0 Å². The molecule has 0 aliphatic carbocycles. The molecule has 3 atom stereocenters. The van der Waals surface area contributed by atoms with Crippen LogP contribution in [0.25, 0.3) is 0 Å². The molecule has 35 heavy (non-hydrogen) atoms. The van der Waals surface area contributed by atoms with Gasteiger partial charge in [-0.2, -0.15) is 18.4 Å². The summed E-state index contributed by atoms with van der Waals surface area (Å²) in [7, 11) is 1.54. The summed E-state index contributed by atoms with van der Waals surface area (Å²) in [5.74, 6) is -0.0327. The summed E-state index contributed by atoms with van der Waals surface area (Å²) < 4.78 is 43.6. The first kappa shape index (κ1) is 24.2. The molecule has 1 aliphatic rings. The smallest absolute Gasteiger partial charge is 0.416 e. The molecule has 0 saturated carbocycles. The van der Waals surface area contributed by atoms with Crippen molar-refractivity contribution in [2.75, 3.05) is 13.7 Å². The molecule has 0 bridgehead atoms. The van der Waals surface area contributed by atoms with Gasteiger partial charge in [0.05, 0.1) is 24.3 Å². The number of methoxy groups -OCH3 is 1. The van der Waals surface area contributed by atoms with E-state index in [1.807, 2.05) is 18.2 Å². The second kappa shape index (κ2) is 10.2. The molecule has 4 rings (SSSR count). The molecular formula is C26H23F3N4O2. The molecule has 1 aliphatic heterocycles. The second-order valence-electron chi connectivity index (χ2n) is 8.34. The van der Waals surface area contributed by atoms with Crippen molar-refractivity contribution < 1.29 is 22.7 Å². The van der Waals surface area contributed by atoms with Crippen LogP contribution < -0.4 is 15.4 Å². The van der Waals surface area contributed by atoms with Gasteiger partial charge in [0.1, 0.15) is 0 Å². The molecule has 3 aromatic rings. The molecule has 0 radical (unpaired) electrons. The van der Waals surface area contributed by atoms with Crippen LogP contribution in [-0.2, 0) is 6.18 Å². The maximum Gasteiger partial charge on any atom is 0.416 e. The average Bonchev–Trinajstić information content (AvgIpc) is 3.32. The third-order valence-corrected chi connectivity index (χ3v) is 6.10. The van der Waals surface area contributed by atoms with E-state index in [1.165, 1.54) is 12.1 Å². The summed E-state index contributed by atoms with van der Waals surface area (Å²) in [6.45, 7) is 0.507. The van der Waals surface area contributed by atoms with E-state index in [0.717, 1.165) is 23.3 Å². The Hall–Kier alpha value is -3.90. The number of rotatable bonds is 6.